The lowest BCUT2D eigenvalue weighted by atomic mass is 10.1. The number of anilines is 1. The maximum absolute atomic E-state index is 13.1. The van der Waals surface area contributed by atoms with Gasteiger partial charge in [0, 0.05) is 24.1 Å². The highest BCUT2D eigenvalue weighted by Crippen LogP contribution is 2.20. The van der Waals surface area contributed by atoms with Gasteiger partial charge in [-0.15, -0.1) is 11.8 Å². The Morgan fingerprint density at radius 2 is 2.00 bits per heavy atom. The lowest BCUT2D eigenvalue weighted by Gasteiger charge is -2.17. The second-order valence-corrected chi connectivity index (χ2v) is 7.59. The molecule has 136 valence electrons. The van der Waals surface area contributed by atoms with Crippen LogP contribution < -0.4 is 10.6 Å². The smallest absolute Gasteiger partial charge is 0.325 e. The van der Waals surface area contributed by atoms with Gasteiger partial charge in [-0.3, -0.25) is 14.5 Å². The molecule has 0 aliphatic carbocycles. The van der Waals surface area contributed by atoms with Crippen molar-refractivity contribution in [2.75, 3.05) is 17.6 Å². The first-order valence-corrected chi connectivity index (χ1v) is 8.68. The predicted molar refractivity (Wildman–Crippen MR) is 91.2 cm³/mol. The van der Waals surface area contributed by atoms with Gasteiger partial charge in [-0.25, -0.2) is 13.6 Å². The SMILES string of the molecule is CC(SCCN1C(=O)NC(C)(C)C1=O)C(=O)Nc1ccc(F)c(F)c1. The van der Waals surface area contributed by atoms with Crippen molar-refractivity contribution in [3.63, 3.8) is 0 Å². The molecular formula is C16H19F2N3O3S. The van der Waals surface area contributed by atoms with E-state index in [0.29, 0.717) is 5.75 Å². The van der Waals surface area contributed by atoms with Gasteiger partial charge in [-0.1, -0.05) is 0 Å². The van der Waals surface area contributed by atoms with Gasteiger partial charge in [-0.05, 0) is 32.9 Å². The van der Waals surface area contributed by atoms with E-state index in [1.54, 1.807) is 20.8 Å². The summed E-state index contributed by atoms with van der Waals surface area (Å²) < 4.78 is 26.0. The number of carbonyl (C=O) groups excluding carboxylic acids is 3. The second-order valence-electron chi connectivity index (χ2n) is 6.14. The molecule has 1 unspecified atom stereocenters. The molecule has 2 N–H and O–H groups in total. The molecule has 2 rings (SSSR count). The third-order valence-electron chi connectivity index (χ3n) is 3.68. The molecule has 0 aromatic heterocycles. The van der Waals surface area contributed by atoms with Crippen molar-refractivity contribution in [1.82, 2.24) is 10.2 Å². The lowest BCUT2D eigenvalue weighted by molar-refractivity contribution is -0.130. The van der Waals surface area contributed by atoms with E-state index >= 15 is 0 Å². The van der Waals surface area contributed by atoms with Crippen LogP contribution in [-0.2, 0) is 9.59 Å². The number of hydrogen-bond donors (Lipinski definition) is 2. The minimum Gasteiger partial charge on any atom is -0.325 e. The summed E-state index contributed by atoms with van der Waals surface area (Å²) in [5.41, 5.74) is -0.760. The predicted octanol–water partition coefficient (Wildman–Crippen LogP) is 2.36. The Balaban J connectivity index is 1.82. The maximum atomic E-state index is 13.1. The topological polar surface area (TPSA) is 78.5 Å². The largest absolute Gasteiger partial charge is 0.325 e. The van der Waals surface area contributed by atoms with Crippen LogP contribution in [0.3, 0.4) is 0 Å². The first kappa shape index (κ1) is 19.2. The number of carbonyl (C=O) groups is 3. The Hall–Kier alpha value is -2.16. The normalized spacial score (nSPS) is 17.4. The van der Waals surface area contributed by atoms with Crippen molar-refractivity contribution in [2.24, 2.45) is 0 Å². The van der Waals surface area contributed by atoms with Crippen LogP contribution in [0.1, 0.15) is 20.8 Å². The molecule has 1 aromatic rings. The molecule has 4 amide bonds. The molecule has 0 bridgehead atoms. The van der Waals surface area contributed by atoms with E-state index in [1.165, 1.54) is 17.8 Å². The average Bonchev–Trinajstić information content (AvgIpc) is 2.72. The van der Waals surface area contributed by atoms with Crippen molar-refractivity contribution in [2.45, 2.75) is 31.6 Å². The van der Waals surface area contributed by atoms with Crippen LogP contribution in [0.15, 0.2) is 18.2 Å². The Bertz CT molecular complexity index is 712. The minimum atomic E-state index is -1.04. The summed E-state index contributed by atoms with van der Waals surface area (Å²) in [6.07, 6.45) is 0. The zero-order valence-corrected chi connectivity index (χ0v) is 14.9. The van der Waals surface area contributed by atoms with Crippen LogP contribution in [0.5, 0.6) is 0 Å². The number of benzene rings is 1. The molecule has 1 saturated heterocycles. The Kier molecular flexibility index (Phi) is 5.66. The van der Waals surface area contributed by atoms with E-state index in [9.17, 15) is 23.2 Å². The molecular weight excluding hydrogens is 352 g/mol. The number of amides is 4. The molecule has 9 heteroatoms. The number of halogens is 2. The van der Waals surface area contributed by atoms with E-state index in [0.717, 1.165) is 17.0 Å². The molecule has 1 fully saturated rings. The number of thioether (sulfide) groups is 1. The Morgan fingerprint density at radius 1 is 1.32 bits per heavy atom. The summed E-state index contributed by atoms with van der Waals surface area (Å²) in [6, 6.07) is 2.65. The number of nitrogens with zero attached hydrogens (tertiary/aromatic N) is 1. The quantitative estimate of drug-likeness (QED) is 0.753. The molecule has 6 nitrogen and oxygen atoms in total. The second kappa shape index (κ2) is 7.38. The number of rotatable bonds is 6. The van der Waals surface area contributed by atoms with Crippen LogP contribution in [0.2, 0.25) is 0 Å². The maximum Gasteiger partial charge on any atom is 0.325 e. The van der Waals surface area contributed by atoms with Gasteiger partial charge in [0.2, 0.25) is 5.91 Å². The van der Waals surface area contributed by atoms with Crippen LogP contribution in [-0.4, -0.2) is 45.8 Å². The van der Waals surface area contributed by atoms with Crippen LogP contribution >= 0.6 is 11.8 Å². The Labute approximate surface area is 148 Å². The van der Waals surface area contributed by atoms with Gasteiger partial charge >= 0.3 is 6.03 Å². The molecule has 0 spiro atoms. The minimum absolute atomic E-state index is 0.159. The van der Waals surface area contributed by atoms with E-state index < -0.39 is 28.5 Å². The molecule has 25 heavy (non-hydrogen) atoms. The lowest BCUT2D eigenvalue weighted by Crippen LogP contribution is -2.40. The van der Waals surface area contributed by atoms with E-state index in [1.807, 2.05) is 0 Å². The van der Waals surface area contributed by atoms with Crippen molar-refractivity contribution in [3.8, 4) is 0 Å². The molecule has 1 aliphatic heterocycles. The van der Waals surface area contributed by atoms with Gasteiger partial charge in [0.05, 0.1) is 5.25 Å². The van der Waals surface area contributed by atoms with Gasteiger partial charge in [-0.2, -0.15) is 0 Å². The summed E-state index contributed by atoms with van der Waals surface area (Å²) in [6.45, 7) is 5.08. The third kappa shape index (κ3) is 4.47. The first-order chi connectivity index (χ1) is 11.6. The zero-order valence-electron chi connectivity index (χ0n) is 14.1. The van der Waals surface area contributed by atoms with Crippen LogP contribution in [0, 0.1) is 11.6 Å². The monoisotopic (exact) mass is 371 g/mol. The number of nitrogens with one attached hydrogen (secondary N) is 2. The highest BCUT2D eigenvalue weighted by atomic mass is 32.2. The van der Waals surface area contributed by atoms with E-state index in [4.69, 9.17) is 0 Å². The van der Waals surface area contributed by atoms with E-state index in [2.05, 4.69) is 10.6 Å². The standard InChI is InChI=1S/C16H19F2N3O3S/c1-9(13(22)19-10-4-5-11(17)12(18)8-10)25-7-6-21-14(23)16(2,3)20-15(21)24/h4-5,8-9H,6-7H2,1-3H3,(H,19,22)(H,20,24). The molecule has 1 atom stereocenters. The van der Waals surface area contributed by atoms with Crippen molar-refractivity contribution >= 4 is 35.3 Å². The van der Waals surface area contributed by atoms with Crippen molar-refractivity contribution < 1.29 is 23.2 Å². The van der Waals surface area contributed by atoms with Gasteiger partial charge in [0.25, 0.3) is 5.91 Å². The first-order valence-electron chi connectivity index (χ1n) is 7.63. The summed E-state index contributed by atoms with van der Waals surface area (Å²) in [5, 5.41) is 4.57. The fraction of sp³-hybridized carbons (Fsp3) is 0.438. The zero-order chi connectivity index (χ0) is 18.8. The summed E-state index contributed by atoms with van der Waals surface area (Å²) in [4.78, 5) is 37.0. The summed E-state index contributed by atoms with van der Waals surface area (Å²) in [7, 11) is 0. The van der Waals surface area contributed by atoms with Crippen molar-refractivity contribution in [1.29, 1.82) is 0 Å². The molecule has 0 radical (unpaired) electrons. The summed E-state index contributed by atoms with van der Waals surface area (Å²) in [5.74, 6) is -2.34. The van der Waals surface area contributed by atoms with Gasteiger partial charge in [0.1, 0.15) is 5.54 Å². The number of hydrogen-bond acceptors (Lipinski definition) is 4. The van der Waals surface area contributed by atoms with Crippen LogP contribution in [0.25, 0.3) is 0 Å². The Morgan fingerprint density at radius 3 is 2.56 bits per heavy atom. The molecule has 1 heterocycles. The fourth-order valence-electron chi connectivity index (χ4n) is 2.24. The van der Waals surface area contributed by atoms with E-state index in [-0.39, 0.29) is 24.0 Å². The highest BCUT2D eigenvalue weighted by molar-refractivity contribution is 8.00. The van der Waals surface area contributed by atoms with Crippen LogP contribution in [0.4, 0.5) is 19.3 Å². The van der Waals surface area contributed by atoms with Crippen molar-refractivity contribution in [3.05, 3.63) is 29.8 Å². The fourth-order valence-corrected chi connectivity index (χ4v) is 3.09. The molecule has 0 saturated carbocycles. The average molecular weight is 371 g/mol. The molecule has 1 aromatic carbocycles. The number of urea groups is 1. The highest BCUT2D eigenvalue weighted by Gasteiger charge is 2.43. The summed E-state index contributed by atoms with van der Waals surface area (Å²) >= 11 is 1.25. The van der Waals surface area contributed by atoms with Gasteiger partial charge < -0.3 is 10.6 Å². The molecule has 1 aliphatic rings. The third-order valence-corrected chi connectivity index (χ3v) is 4.82. The number of imide groups is 1. The van der Waals surface area contributed by atoms with Gasteiger partial charge in [0.15, 0.2) is 11.6 Å².